The van der Waals surface area contributed by atoms with Gasteiger partial charge in [0.1, 0.15) is 11.2 Å². The third-order valence-electron chi connectivity index (χ3n) is 7.11. The van der Waals surface area contributed by atoms with Crippen LogP contribution >= 0.6 is 0 Å². The molecule has 0 radical (unpaired) electrons. The smallest absolute Gasteiger partial charge is 0.359 e. The SMILES string of the molecule is COC(=O)C12CC(c3ccccc3)C3(CCCCC3(O)O1)C(=O)N2Cc1ccco1. The van der Waals surface area contributed by atoms with Crippen molar-refractivity contribution in [1.82, 2.24) is 4.90 Å². The first kappa shape index (κ1) is 19.3. The lowest BCUT2D eigenvalue weighted by atomic mass is 9.53. The highest BCUT2D eigenvalue weighted by Gasteiger charge is 2.78. The lowest BCUT2D eigenvalue weighted by Gasteiger charge is -2.67. The van der Waals surface area contributed by atoms with E-state index in [0.29, 0.717) is 18.6 Å². The summed E-state index contributed by atoms with van der Waals surface area (Å²) in [6, 6.07) is 13.1. The molecule has 1 amide bonds. The summed E-state index contributed by atoms with van der Waals surface area (Å²) in [5.41, 5.74) is -1.96. The minimum atomic E-state index is -1.73. The van der Waals surface area contributed by atoms with E-state index in [2.05, 4.69) is 0 Å². The monoisotopic (exact) mass is 411 g/mol. The number of ether oxygens (including phenoxy) is 2. The molecule has 158 valence electrons. The highest BCUT2D eigenvalue weighted by Crippen LogP contribution is 2.66. The number of hydrogen-bond donors (Lipinski definition) is 1. The molecule has 4 atom stereocenters. The second-order valence-electron chi connectivity index (χ2n) is 8.48. The highest BCUT2D eigenvalue weighted by molar-refractivity contribution is 5.94. The van der Waals surface area contributed by atoms with Crippen LogP contribution in [0.2, 0.25) is 0 Å². The van der Waals surface area contributed by atoms with Gasteiger partial charge in [0.25, 0.3) is 0 Å². The number of nitrogens with zero attached hydrogens (tertiary/aromatic N) is 1. The van der Waals surface area contributed by atoms with Gasteiger partial charge in [0, 0.05) is 18.8 Å². The van der Waals surface area contributed by atoms with E-state index in [9.17, 15) is 14.7 Å². The quantitative estimate of drug-likeness (QED) is 0.778. The van der Waals surface area contributed by atoms with Gasteiger partial charge >= 0.3 is 5.97 Å². The van der Waals surface area contributed by atoms with Crippen LogP contribution in [0.5, 0.6) is 0 Å². The largest absolute Gasteiger partial charge is 0.467 e. The Labute approximate surface area is 174 Å². The minimum Gasteiger partial charge on any atom is -0.467 e. The number of rotatable bonds is 4. The molecule has 4 heterocycles. The summed E-state index contributed by atoms with van der Waals surface area (Å²) in [4.78, 5) is 28.7. The zero-order chi connectivity index (χ0) is 21.0. The summed E-state index contributed by atoms with van der Waals surface area (Å²) < 4.78 is 16.8. The second-order valence-corrected chi connectivity index (χ2v) is 8.48. The zero-order valence-electron chi connectivity index (χ0n) is 16.9. The number of fused-ring (bicyclic) bond motifs is 2. The van der Waals surface area contributed by atoms with Gasteiger partial charge in [-0.15, -0.1) is 0 Å². The number of furan rings is 1. The summed E-state index contributed by atoms with van der Waals surface area (Å²) >= 11 is 0. The number of carbonyl (C=O) groups excluding carboxylic acids is 2. The van der Waals surface area contributed by atoms with Crippen molar-refractivity contribution in [3.63, 3.8) is 0 Å². The summed E-state index contributed by atoms with van der Waals surface area (Å²) in [6.07, 6.45) is 4.07. The number of aliphatic hydroxyl groups is 1. The van der Waals surface area contributed by atoms with E-state index in [0.717, 1.165) is 18.4 Å². The number of hydrogen-bond acceptors (Lipinski definition) is 6. The summed E-state index contributed by atoms with van der Waals surface area (Å²) in [5, 5.41) is 11.7. The first-order valence-corrected chi connectivity index (χ1v) is 10.4. The molecule has 4 fully saturated rings. The van der Waals surface area contributed by atoms with Gasteiger partial charge in [-0.2, -0.15) is 0 Å². The summed E-state index contributed by atoms with van der Waals surface area (Å²) in [5.74, 6) is -2.52. The fourth-order valence-electron chi connectivity index (χ4n) is 5.78. The van der Waals surface area contributed by atoms with E-state index < -0.39 is 22.9 Å². The van der Waals surface area contributed by atoms with Crippen molar-refractivity contribution in [2.24, 2.45) is 5.41 Å². The molecule has 1 aromatic heterocycles. The molecule has 1 aliphatic carbocycles. The number of benzene rings is 1. The molecular formula is C23H25NO6. The van der Waals surface area contributed by atoms with Crippen LogP contribution in [0.1, 0.15) is 49.3 Å². The number of carbonyl (C=O) groups is 2. The zero-order valence-corrected chi connectivity index (χ0v) is 16.9. The van der Waals surface area contributed by atoms with Gasteiger partial charge < -0.3 is 19.0 Å². The summed E-state index contributed by atoms with van der Waals surface area (Å²) in [7, 11) is 1.27. The predicted molar refractivity (Wildman–Crippen MR) is 105 cm³/mol. The van der Waals surface area contributed by atoms with Crippen LogP contribution in [0.15, 0.2) is 53.1 Å². The maximum atomic E-state index is 14.1. The Kier molecular flexibility index (Phi) is 4.31. The minimum absolute atomic E-state index is 0.0697. The third-order valence-corrected chi connectivity index (χ3v) is 7.11. The summed E-state index contributed by atoms with van der Waals surface area (Å²) in [6.45, 7) is 0.0697. The van der Waals surface area contributed by atoms with Crippen molar-refractivity contribution in [2.75, 3.05) is 7.11 Å². The third kappa shape index (κ3) is 2.39. The lowest BCUT2D eigenvalue weighted by molar-refractivity contribution is -0.402. The number of amides is 1. The molecule has 1 N–H and O–H groups in total. The van der Waals surface area contributed by atoms with Gasteiger partial charge in [0.15, 0.2) is 5.79 Å². The molecule has 6 rings (SSSR count). The van der Waals surface area contributed by atoms with E-state index in [-0.39, 0.29) is 24.8 Å². The normalized spacial score (nSPS) is 35.2. The highest BCUT2D eigenvalue weighted by atomic mass is 16.7. The van der Waals surface area contributed by atoms with E-state index >= 15 is 0 Å². The van der Waals surface area contributed by atoms with Gasteiger partial charge in [-0.25, -0.2) is 4.79 Å². The standard InChI is InChI=1S/C23H25NO6/c1-28-20(26)22-14-18(16-8-3-2-4-9-16)21(11-5-6-12-23(21,27)30-22)19(25)24(22)15-17-10-7-13-29-17/h2-4,7-10,13,18,27H,5-6,11-12,14-15H2,1H3. The average Bonchev–Trinajstić information content (AvgIpc) is 3.28. The molecule has 4 unspecified atom stereocenters. The van der Waals surface area contributed by atoms with Crippen LogP contribution in [0.4, 0.5) is 0 Å². The fraction of sp³-hybridized carbons (Fsp3) is 0.478. The van der Waals surface area contributed by atoms with Crippen LogP contribution in [0.3, 0.4) is 0 Å². The van der Waals surface area contributed by atoms with Gasteiger partial charge in [0.2, 0.25) is 11.6 Å². The lowest BCUT2D eigenvalue weighted by Crippen LogP contribution is -2.81. The van der Waals surface area contributed by atoms with Crippen LogP contribution in [0.25, 0.3) is 0 Å². The van der Waals surface area contributed by atoms with E-state index in [1.165, 1.54) is 18.3 Å². The van der Waals surface area contributed by atoms with Crippen LogP contribution in [0, 0.1) is 5.41 Å². The predicted octanol–water partition coefficient (Wildman–Crippen LogP) is 2.94. The van der Waals surface area contributed by atoms with Crippen LogP contribution in [-0.2, 0) is 25.6 Å². The molecule has 3 saturated heterocycles. The molecular weight excluding hydrogens is 386 g/mol. The molecule has 1 spiro atoms. The molecule has 1 aromatic carbocycles. The molecule has 7 nitrogen and oxygen atoms in total. The maximum absolute atomic E-state index is 14.1. The van der Waals surface area contributed by atoms with E-state index in [1.807, 2.05) is 30.3 Å². The molecule has 30 heavy (non-hydrogen) atoms. The van der Waals surface area contributed by atoms with Crippen LogP contribution < -0.4 is 0 Å². The topological polar surface area (TPSA) is 89.2 Å². The van der Waals surface area contributed by atoms with Crippen molar-refractivity contribution >= 4 is 11.9 Å². The molecule has 4 aliphatic rings. The Bertz CT molecular complexity index is 959. The number of piperidine rings is 1. The number of esters is 1. The van der Waals surface area contributed by atoms with Gasteiger partial charge in [-0.3, -0.25) is 9.69 Å². The molecule has 3 aliphatic heterocycles. The molecule has 2 aromatic rings. The Balaban J connectivity index is 1.70. The fourth-order valence-corrected chi connectivity index (χ4v) is 5.78. The Morgan fingerprint density at radius 3 is 2.67 bits per heavy atom. The van der Waals surface area contributed by atoms with Crippen molar-refractivity contribution in [3.8, 4) is 0 Å². The van der Waals surface area contributed by atoms with Crippen molar-refractivity contribution in [1.29, 1.82) is 0 Å². The van der Waals surface area contributed by atoms with Gasteiger partial charge in [-0.1, -0.05) is 36.8 Å². The second kappa shape index (κ2) is 6.68. The van der Waals surface area contributed by atoms with Crippen LogP contribution in [-0.4, -0.2) is 40.5 Å². The number of methoxy groups -OCH3 is 1. The maximum Gasteiger partial charge on any atom is 0.359 e. The van der Waals surface area contributed by atoms with Crippen molar-refractivity contribution < 1.29 is 28.6 Å². The van der Waals surface area contributed by atoms with E-state index in [4.69, 9.17) is 13.9 Å². The average molecular weight is 411 g/mol. The van der Waals surface area contributed by atoms with E-state index in [1.54, 1.807) is 12.1 Å². The molecule has 7 heteroatoms. The molecule has 1 saturated carbocycles. The van der Waals surface area contributed by atoms with Gasteiger partial charge in [0.05, 0.1) is 19.9 Å². The Morgan fingerprint density at radius 1 is 1.20 bits per heavy atom. The first-order chi connectivity index (χ1) is 14.5. The van der Waals surface area contributed by atoms with Crippen molar-refractivity contribution in [2.45, 2.75) is 56.1 Å². The first-order valence-electron chi connectivity index (χ1n) is 10.4. The Hall–Kier alpha value is -2.64. The van der Waals surface area contributed by atoms with Gasteiger partial charge in [-0.05, 0) is 30.5 Å². The van der Waals surface area contributed by atoms with Crippen molar-refractivity contribution in [3.05, 3.63) is 60.1 Å². The molecule has 2 bridgehead atoms. The Morgan fingerprint density at radius 2 is 1.97 bits per heavy atom.